The van der Waals surface area contributed by atoms with E-state index in [4.69, 9.17) is 0 Å². The van der Waals surface area contributed by atoms with Crippen LogP contribution in [0, 0.1) is 5.92 Å². The van der Waals surface area contributed by atoms with E-state index in [1.807, 2.05) is 44.2 Å². The molecule has 0 aliphatic carbocycles. The number of carbonyl (C=O) groups excluding carboxylic acids is 1. The van der Waals surface area contributed by atoms with Crippen molar-refractivity contribution in [2.45, 2.75) is 38.8 Å². The lowest BCUT2D eigenvalue weighted by molar-refractivity contribution is -0.142. The first-order valence-corrected chi connectivity index (χ1v) is 6.65. The van der Waals surface area contributed by atoms with Gasteiger partial charge < -0.3 is 10.0 Å². The summed E-state index contributed by atoms with van der Waals surface area (Å²) in [4.78, 5) is 25.3. The van der Waals surface area contributed by atoms with Crippen molar-refractivity contribution >= 4 is 11.9 Å². The van der Waals surface area contributed by atoms with E-state index in [0.717, 1.165) is 12.0 Å². The standard InChI is InChI=1S/C15H19NO3/c1-3-10(2)16-13(17)9-12(15(18)19)14(16)11-7-5-4-6-8-11/h4-8,10,12,14H,3,9H2,1-2H3,(H,18,19)/t10-,12-,14-/m1/s1. The molecule has 3 atom stereocenters. The summed E-state index contributed by atoms with van der Waals surface area (Å²) < 4.78 is 0. The Hall–Kier alpha value is -1.84. The summed E-state index contributed by atoms with van der Waals surface area (Å²) in [6.45, 7) is 3.98. The number of nitrogens with zero attached hydrogens (tertiary/aromatic N) is 1. The van der Waals surface area contributed by atoms with Crippen LogP contribution in [0.4, 0.5) is 0 Å². The van der Waals surface area contributed by atoms with Crippen LogP contribution in [0.15, 0.2) is 30.3 Å². The number of carbonyl (C=O) groups is 2. The summed E-state index contributed by atoms with van der Waals surface area (Å²) in [5.41, 5.74) is 0.904. The molecule has 1 aromatic rings. The average molecular weight is 261 g/mol. The van der Waals surface area contributed by atoms with Gasteiger partial charge in [-0.3, -0.25) is 9.59 Å². The van der Waals surface area contributed by atoms with E-state index in [0.29, 0.717) is 0 Å². The number of carboxylic acids is 1. The molecule has 2 rings (SSSR count). The lowest BCUT2D eigenvalue weighted by atomic mass is 9.93. The second-order valence-corrected chi connectivity index (χ2v) is 5.06. The molecule has 1 aromatic carbocycles. The summed E-state index contributed by atoms with van der Waals surface area (Å²) in [7, 11) is 0. The third-order valence-corrected chi connectivity index (χ3v) is 3.89. The van der Waals surface area contributed by atoms with Gasteiger partial charge in [0.1, 0.15) is 0 Å². The number of carboxylic acid groups (broad SMARTS) is 1. The van der Waals surface area contributed by atoms with Crippen LogP contribution in [0.25, 0.3) is 0 Å². The van der Waals surface area contributed by atoms with Crippen molar-refractivity contribution in [3.05, 3.63) is 35.9 Å². The van der Waals surface area contributed by atoms with Crippen molar-refractivity contribution in [3.8, 4) is 0 Å². The highest BCUT2D eigenvalue weighted by molar-refractivity contribution is 5.87. The first-order chi connectivity index (χ1) is 9.06. The molecule has 0 aromatic heterocycles. The largest absolute Gasteiger partial charge is 0.481 e. The maximum Gasteiger partial charge on any atom is 0.309 e. The van der Waals surface area contributed by atoms with Gasteiger partial charge in [0.25, 0.3) is 0 Å². The van der Waals surface area contributed by atoms with Crippen LogP contribution in [-0.4, -0.2) is 27.9 Å². The molecule has 1 N–H and O–H groups in total. The normalized spacial score (nSPS) is 24.5. The molecule has 1 saturated heterocycles. The molecular formula is C15H19NO3. The van der Waals surface area contributed by atoms with E-state index >= 15 is 0 Å². The molecule has 1 fully saturated rings. The Kier molecular flexibility index (Phi) is 3.88. The number of likely N-dealkylation sites (tertiary alicyclic amines) is 1. The van der Waals surface area contributed by atoms with Gasteiger partial charge in [0, 0.05) is 12.5 Å². The molecular weight excluding hydrogens is 242 g/mol. The first-order valence-electron chi connectivity index (χ1n) is 6.65. The minimum Gasteiger partial charge on any atom is -0.481 e. The number of benzene rings is 1. The molecule has 1 amide bonds. The van der Waals surface area contributed by atoms with Gasteiger partial charge in [0.2, 0.25) is 5.91 Å². The Morgan fingerprint density at radius 1 is 1.42 bits per heavy atom. The quantitative estimate of drug-likeness (QED) is 0.905. The second kappa shape index (κ2) is 5.43. The molecule has 102 valence electrons. The molecule has 1 aliphatic rings. The van der Waals surface area contributed by atoms with Gasteiger partial charge in [-0.05, 0) is 18.9 Å². The molecule has 0 saturated carbocycles. The lowest BCUT2D eigenvalue weighted by Gasteiger charge is -2.32. The van der Waals surface area contributed by atoms with Crippen molar-refractivity contribution in [2.75, 3.05) is 0 Å². The van der Waals surface area contributed by atoms with Crippen LogP contribution in [0.3, 0.4) is 0 Å². The fourth-order valence-electron chi connectivity index (χ4n) is 2.74. The molecule has 0 radical (unpaired) electrons. The highest BCUT2D eigenvalue weighted by atomic mass is 16.4. The summed E-state index contributed by atoms with van der Waals surface area (Å²) >= 11 is 0. The van der Waals surface area contributed by atoms with Crippen LogP contribution in [0.1, 0.15) is 38.3 Å². The maximum absolute atomic E-state index is 12.1. The number of amides is 1. The molecule has 0 unspecified atom stereocenters. The van der Waals surface area contributed by atoms with Crippen molar-refractivity contribution < 1.29 is 14.7 Å². The van der Waals surface area contributed by atoms with Crippen LogP contribution >= 0.6 is 0 Å². The zero-order valence-electron chi connectivity index (χ0n) is 11.2. The summed E-state index contributed by atoms with van der Waals surface area (Å²) in [6, 6.07) is 9.16. The third-order valence-electron chi connectivity index (χ3n) is 3.89. The summed E-state index contributed by atoms with van der Waals surface area (Å²) in [6.07, 6.45) is 0.917. The number of hydrogen-bond acceptors (Lipinski definition) is 2. The summed E-state index contributed by atoms with van der Waals surface area (Å²) in [5.74, 6) is -1.60. The molecule has 1 aliphatic heterocycles. The Labute approximate surface area is 113 Å². The molecule has 4 nitrogen and oxygen atoms in total. The minimum atomic E-state index is -0.895. The Morgan fingerprint density at radius 3 is 2.58 bits per heavy atom. The fourth-order valence-corrected chi connectivity index (χ4v) is 2.74. The van der Waals surface area contributed by atoms with Gasteiger partial charge in [-0.25, -0.2) is 0 Å². The van der Waals surface area contributed by atoms with E-state index in [1.54, 1.807) is 4.90 Å². The van der Waals surface area contributed by atoms with Crippen LogP contribution in [0.2, 0.25) is 0 Å². The third kappa shape index (κ3) is 2.48. The van der Waals surface area contributed by atoms with E-state index in [2.05, 4.69) is 0 Å². The van der Waals surface area contributed by atoms with E-state index in [-0.39, 0.29) is 24.4 Å². The van der Waals surface area contributed by atoms with Gasteiger partial charge in [-0.1, -0.05) is 37.3 Å². The smallest absolute Gasteiger partial charge is 0.309 e. The van der Waals surface area contributed by atoms with E-state index in [1.165, 1.54) is 0 Å². The van der Waals surface area contributed by atoms with Crippen LogP contribution in [-0.2, 0) is 9.59 Å². The zero-order valence-corrected chi connectivity index (χ0v) is 11.2. The highest BCUT2D eigenvalue weighted by Gasteiger charge is 2.45. The molecule has 0 spiro atoms. The Balaban J connectivity index is 2.42. The fraction of sp³-hybridized carbons (Fsp3) is 0.467. The molecule has 19 heavy (non-hydrogen) atoms. The predicted octanol–water partition coefficient (Wildman–Crippen LogP) is 2.46. The van der Waals surface area contributed by atoms with Gasteiger partial charge >= 0.3 is 5.97 Å². The average Bonchev–Trinajstić information content (AvgIpc) is 2.76. The van der Waals surface area contributed by atoms with Gasteiger partial charge in [-0.15, -0.1) is 0 Å². The molecule has 0 bridgehead atoms. The van der Waals surface area contributed by atoms with Crippen molar-refractivity contribution in [2.24, 2.45) is 5.92 Å². The van der Waals surface area contributed by atoms with E-state index in [9.17, 15) is 14.7 Å². The van der Waals surface area contributed by atoms with Gasteiger partial charge in [0.05, 0.1) is 12.0 Å². The number of hydrogen-bond donors (Lipinski definition) is 1. The van der Waals surface area contributed by atoms with Crippen molar-refractivity contribution in [1.82, 2.24) is 4.90 Å². The minimum absolute atomic E-state index is 0.0575. The van der Waals surface area contributed by atoms with Crippen LogP contribution in [0.5, 0.6) is 0 Å². The summed E-state index contributed by atoms with van der Waals surface area (Å²) in [5, 5.41) is 9.36. The number of rotatable bonds is 4. The maximum atomic E-state index is 12.1. The second-order valence-electron chi connectivity index (χ2n) is 5.06. The van der Waals surface area contributed by atoms with Gasteiger partial charge in [0.15, 0.2) is 0 Å². The van der Waals surface area contributed by atoms with Crippen LogP contribution < -0.4 is 0 Å². The van der Waals surface area contributed by atoms with E-state index < -0.39 is 11.9 Å². The Morgan fingerprint density at radius 2 is 2.05 bits per heavy atom. The first kappa shape index (κ1) is 13.6. The van der Waals surface area contributed by atoms with Crippen molar-refractivity contribution in [1.29, 1.82) is 0 Å². The zero-order chi connectivity index (χ0) is 14.0. The number of aliphatic carboxylic acids is 1. The van der Waals surface area contributed by atoms with Gasteiger partial charge in [-0.2, -0.15) is 0 Å². The SMILES string of the molecule is CC[C@@H](C)N1C(=O)C[C@@H](C(=O)O)[C@H]1c1ccccc1. The predicted molar refractivity (Wildman–Crippen MR) is 71.5 cm³/mol. The Bertz CT molecular complexity index is 472. The van der Waals surface area contributed by atoms with Crippen molar-refractivity contribution in [3.63, 3.8) is 0 Å². The highest BCUT2D eigenvalue weighted by Crippen LogP contribution is 2.40. The monoisotopic (exact) mass is 261 g/mol. The molecule has 1 heterocycles. The molecule has 4 heteroatoms. The topological polar surface area (TPSA) is 57.6 Å². The lowest BCUT2D eigenvalue weighted by Crippen LogP contribution is -2.37.